The van der Waals surface area contributed by atoms with Crippen molar-refractivity contribution < 1.29 is 9.59 Å². The molecule has 2 amide bonds. The highest BCUT2D eigenvalue weighted by molar-refractivity contribution is 5.90. The Bertz CT molecular complexity index is 1030. The quantitative estimate of drug-likeness (QED) is 0.699. The van der Waals surface area contributed by atoms with Gasteiger partial charge in [-0.15, -0.1) is 0 Å². The molecule has 1 aromatic heterocycles. The number of benzene rings is 2. The van der Waals surface area contributed by atoms with Gasteiger partial charge in [-0.25, -0.2) is 4.98 Å². The number of hydrogen-bond acceptors (Lipinski definition) is 3. The van der Waals surface area contributed by atoms with E-state index < -0.39 is 6.04 Å². The van der Waals surface area contributed by atoms with Crippen molar-refractivity contribution in [3.8, 4) is 0 Å². The molecule has 6 nitrogen and oxygen atoms in total. The summed E-state index contributed by atoms with van der Waals surface area (Å²) in [4.78, 5) is 32.7. The molecule has 1 aliphatic rings. The molecule has 0 bridgehead atoms. The lowest BCUT2D eigenvalue weighted by Crippen LogP contribution is -2.46. The lowest BCUT2D eigenvalue weighted by Gasteiger charge is -2.38. The topological polar surface area (TPSA) is 67.2 Å². The first-order valence-electron chi connectivity index (χ1n) is 10.2. The van der Waals surface area contributed by atoms with Gasteiger partial charge in [-0.1, -0.05) is 49.4 Å². The minimum absolute atomic E-state index is 0.0383. The number of nitrogens with one attached hydrogen (secondary N) is 1. The van der Waals surface area contributed by atoms with Crippen LogP contribution in [0.5, 0.6) is 0 Å². The van der Waals surface area contributed by atoms with Crippen LogP contribution in [0.3, 0.4) is 0 Å². The van der Waals surface area contributed by atoms with E-state index in [4.69, 9.17) is 4.98 Å². The van der Waals surface area contributed by atoms with Crippen molar-refractivity contribution in [2.24, 2.45) is 0 Å². The second-order valence-electron chi connectivity index (χ2n) is 7.53. The molecule has 29 heavy (non-hydrogen) atoms. The fraction of sp³-hybridized carbons (Fsp3) is 0.348. The first-order chi connectivity index (χ1) is 14.1. The predicted molar refractivity (Wildman–Crippen MR) is 112 cm³/mol. The third-order valence-corrected chi connectivity index (χ3v) is 5.49. The average molecular weight is 390 g/mol. The summed E-state index contributed by atoms with van der Waals surface area (Å²) in [6, 6.07) is 17.0. The van der Waals surface area contributed by atoms with E-state index in [1.165, 1.54) is 0 Å². The second kappa shape index (κ2) is 8.07. The number of hydrogen-bond donors (Lipinski definition) is 1. The fourth-order valence-corrected chi connectivity index (χ4v) is 4.00. The summed E-state index contributed by atoms with van der Waals surface area (Å²) in [7, 11) is 0. The third kappa shape index (κ3) is 3.62. The average Bonchev–Trinajstić information content (AvgIpc) is 3.13. The van der Waals surface area contributed by atoms with Crippen LogP contribution in [0.1, 0.15) is 50.2 Å². The van der Waals surface area contributed by atoms with Crippen LogP contribution in [-0.2, 0) is 16.1 Å². The standard InChI is InChI=1S/C23H26N4O2/c1-3-13-24-21(28)14-20-23(29)26(15-17-9-5-4-6-10-17)16(2)22-25-18-11-7-8-12-19(18)27(20)22/h4-12,16,20H,3,13-15H2,1-2H3,(H,24,28)/t16-,20+/m1/s1. The minimum atomic E-state index is -0.589. The van der Waals surface area contributed by atoms with Crippen molar-refractivity contribution in [2.75, 3.05) is 6.54 Å². The summed E-state index contributed by atoms with van der Waals surface area (Å²) >= 11 is 0. The van der Waals surface area contributed by atoms with Crippen molar-refractivity contribution in [3.63, 3.8) is 0 Å². The molecule has 2 heterocycles. The summed E-state index contributed by atoms with van der Waals surface area (Å²) in [5.41, 5.74) is 2.81. The highest BCUT2D eigenvalue weighted by atomic mass is 16.2. The van der Waals surface area contributed by atoms with Gasteiger partial charge in [0.15, 0.2) is 0 Å². The van der Waals surface area contributed by atoms with E-state index in [0.29, 0.717) is 13.1 Å². The van der Waals surface area contributed by atoms with E-state index in [9.17, 15) is 9.59 Å². The molecule has 1 N–H and O–H groups in total. The largest absolute Gasteiger partial charge is 0.356 e. The molecule has 3 aromatic rings. The molecule has 1 aliphatic heterocycles. The number of rotatable bonds is 6. The maximum atomic E-state index is 13.6. The number of carbonyl (C=O) groups excluding carboxylic acids is 2. The van der Waals surface area contributed by atoms with Gasteiger partial charge in [0.1, 0.15) is 11.9 Å². The van der Waals surface area contributed by atoms with Crippen LogP contribution in [0.4, 0.5) is 0 Å². The van der Waals surface area contributed by atoms with E-state index in [1.807, 2.05) is 77.9 Å². The number of imidazole rings is 1. The Morgan fingerprint density at radius 2 is 1.83 bits per heavy atom. The van der Waals surface area contributed by atoms with Crippen LogP contribution >= 0.6 is 0 Å². The second-order valence-corrected chi connectivity index (χ2v) is 7.53. The van der Waals surface area contributed by atoms with Crippen LogP contribution in [0.15, 0.2) is 54.6 Å². The smallest absolute Gasteiger partial charge is 0.247 e. The summed E-state index contributed by atoms with van der Waals surface area (Å²) < 4.78 is 1.97. The number of para-hydroxylation sites is 2. The van der Waals surface area contributed by atoms with Gasteiger partial charge >= 0.3 is 0 Å². The van der Waals surface area contributed by atoms with Gasteiger partial charge in [0.2, 0.25) is 11.8 Å². The minimum Gasteiger partial charge on any atom is -0.356 e. The zero-order chi connectivity index (χ0) is 20.4. The summed E-state index contributed by atoms with van der Waals surface area (Å²) in [6.07, 6.45) is 0.977. The highest BCUT2D eigenvalue weighted by Gasteiger charge is 2.40. The zero-order valence-electron chi connectivity index (χ0n) is 16.8. The van der Waals surface area contributed by atoms with Crippen molar-refractivity contribution in [3.05, 3.63) is 66.0 Å². The molecular formula is C23H26N4O2. The Hall–Kier alpha value is -3.15. The van der Waals surface area contributed by atoms with Gasteiger partial charge in [0.05, 0.1) is 23.5 Å². The predicted octanol–water partition coefficient (Wildman–Crippen LogP) is 3.60. The summed E-state index contributed by atoms with van der Waals surface area (Å²) in [5.74, 6) is 0.682. The molecular weight excluding hydrogens is 364 g/mol. The molecule has 4 rings (SSSR count). The molecule has 6 heteroatoms. The molecule has 0 saturated heterocycles. The monoisotopic (exact) mass is 390 g/mol. The maximum absolute atomic E-state index is 13.6. The molecule has 2 atom stereocenters. The fourth-order valence-electron chi connectivity index (χ4n) is 4.00. The first kappa shape index (κ1) is 19.2. The van der Waals surface area contributed by atoms with E-state index in [1.54, 1.807) is 0 Å². The van der Waals surface area contributed by atoms with Crippen LogP contribution in [-0.4, -0.2) is 32.8 Å². The Balaban J connectivity index is 1.74. The third-order valence-electron chi connectivity index (χ3n) is 5.49. The molecule has 2 aromatic carbocycles. The van der Waals surface area contributed by atoms with Crippen molar-refractivity contribution in [1.82, 2.24) is 19.8 Å². The van der Waals surface area contributed by atoms with Crippen LogP contribution in [0.25, 0.3) is 11.0 Å². The Morgan fingerprint density at radius 3 is 2.59 bits per heavy atom. The van der Waals surface area contributed by atoms with Gasteiger partial charge in [-0.3, -0.25) is 9.59 Å². The van der Waals surface area contributed by atoms with Gasteiger partial charge in [-0.05, 0) is 31.0 Å². The van der Waals surface area contributed by atoms with Gasteiger partial charge in [0.25, 0.3) is 0 Å². The molecule has 0 unspecified atom stereocenters. The first-order valence-corrected chi connectivity index (χ1v) is 10.2. The Labute approximate surface area is 170 Å². The number of aromatic nitrogens is 2. The van der Waals surface area contributed by atoms with Crippen molar-refractivity contribution >= 4 is 22.8 Å². The maximum Gasteiger partial charge on any atom is 0.247 e. The van der Waals surface area contributed by atoms with E-state index in [0.717, 1.165) is 28.8 Å². The zero-order valence-corrected chi connectivity index (χ0v) is 16.8. The van der Waals surface area contributed by atoms with E-state index in [2.05, 4.69) is 5.32 Å². The van der Waals surface area contributed by atoms with E-state index in [-0.39, 0.29) is 24.3 Å². The Morgan fingerprint density at radius 1 is 1.10 bits per heavy atom. The Kier molecular flexibility index (Phi) is 5.34. The molecule has 0 aliphatic carbocycles. The van der Waals surface area contributed by atoms with E-state index >= 15 is 0 Å². The molecule has 0 spiro atoms. The normalized spacial score (nSPS) is 18.7. The number of carbonyl (C=O) groups is 2. The number of amides is 2. The molecule has 0 fully saturated rings. The molecule has 0 radical (unpaired) electrons. The van der Waals surface area contributed by atoms with Gasteiger partial charge in [-0.2, -0.15) is 0 Å². The van der Waals surface area contributed by atoms with Gasteiger partial charge in [0, 0.05) is 13.1 Å². The SMILES string of the molecule is CCCNC(=O)C[C@H]1C(=O)N(Cc2ccccc2)[C@H](C)c2nc3ccccc3n21. The molecule has 150 valence electrons. The van der Waals surface area contributed by atoms with Crippen LogP contribution in [0, 0.1) is 0 Å². The lowest BCUT2D eigenvalue weighted by atomic mass is 10.0. The lowest BCUT2D eigenvalue weighted by molar-refractivity contribution is -0.142. The van der Waals surface area contributed by atoms with Gasteiger partial charge < -0.3 is 14.8 Å². The number of fused-ring (bicyclic) bond motifs is 3. The highest BCUT2D eigenvalue weighted by Crippen LogP contribution is 2.37. The summed E-state index contributed by atoms with van der Waals surface area (Å²) in [6.45, 7) is 5.13. The number of nitrogens with zero attached hydrogens (tertiary/aromatic N) is 3. The van der Waals surface area contributed by atoms with Crippen LogP contribution in [0.2, 0.25) is 0 Å². The van der Waals surface area contributed by atoms with Crippen molar-refractivity contribution in [1.29, 1.82) is 0 Å². The van der Waals surface area contributed by atoms with Crippen molar-refractivity contribution in [2.45, 2.75) is 45.3 Å². The van der Waals surface area contributed by atoms with Crippen LogP contribution < -0.4 is 5.32 Å². The summed E-state index contributed by atoms with van der Waals surface area (Å²) in [5, 5.41) is 2.90. The molecule has 0 saturated carbocycles.